The van der Waals surface area contributed by atoms with Crippen molar-refractivity contribution in [2.75, 3.05) is 7.11 Å². The van der Waals surface area contributed by atoms with Crippen LogP contribution in [-0.2, 0) is 11.0 Å². The van der Waals surface area contributed by atoms with Crippen LogP contribution in [-0.4, -0.2) is 18.0 Å². The number of nitrogens with one attached hydrogen (secondary N) is 1. The molecule has 0 fully saturated rings. The summed E-state index contributed by atoms with van der Waals surface area (Å²) >= 11 is 0. The first-order chi connectivity index (χ1) is 11.4. The van der Waals surface area contributed by atoms with Crippen LogP contribution in [0, 0.1) is 0 Å². The Kier molecular flexibility index (Phi) is 5.58. The highest BCUT2D eigenvalue weighted by atomic mass is 19.4. The fourth-order valence-corrected chi connectivity index (χ4v) is 2.29. The van der Waals surface area contributed by atoms with Gasteiger partial charge in [0.25, 0.3) is 0 Å². The Bertz CT molecular complexity index is 695. The van der Waals surface area contributed by atoms with Crippen LogP contribution in [0.15, 0.2) is 53.7 Å². The van der Waals surface area contributed by atoms with Crippen molar-refractivity contribution in [3.8, 4) is 11.1 Å². The molecule has 24 heavy (non-hydrogen) atoms. The topological polar surface area (TPSA) is 53.8 Å². The van der Waals surface area contributed by atoms with Gasteiger partial charge in [-0.1, -0.05) is 41.6 Å². The van der Waals surface area contributed by atoms with Crippen molar-refractivity contribution in [1.29, 1.82) is 0 Å². The summed E-state index contributed by atoms with van der Waals surface area (Å²) in [7, 11) is 1.45. The Hall–Kier alpha value is -2.38. The van der Waals surface area contributed by atoms with E-state index in [1.54, 1.807) is 31.2 Å². The number of benzene rings is 2. The average molecular weight is 338 g/mol. The van der Waals surface area contributed by atoms with E-state index >= 15 is 0 Å². The van der Waals surface area contributed by atoms with Gasteiger partial charge in [0.05, 0.1) is 24.4 Å². The Morgan fingerprint density at radius 3 is 1.96 bits per heavy atom. The van der Waals surface area contributed by atoms with E-state index in [2.05, 4.69) is 10.6 Å². The molecule has 1 atom stereocenters. The molecule has 2 aromatic rings. The lowest BCUT2D eigenvalue weighted by Gasteiger charge is -2.17. The van der Waals surface area contributed by atoms with Crippen molar-refractivity contribution in [2.24, 2.45) is 5.16 Å². The number of hydrogen-bond acceptors (Lipinski definition) is 4. The molecule has 0 amide bonds. The van der Waals surface area contributed by atoms with Crippen molar-refractivity contribution in [2.45, 2.75) is 19.1 Å². The molecule has 0 heterocycles. The number of nitrogens with zero attached hydrogens (tertiary/aromatic N) is 1. The van der Waals surface area contributed by atoms with Crippen LogP contribution < -0.4 is 5.48 Å². The summed E-state index contributed by atoms with van der Waals surface area (Å²) in [6, 6.07) is 11.7. The molecule has 1 unspecified atom stereocenters. The van der Waals surface area contributed by atoms with Crippen molar-refractivity contribution in [1.82, 2.24) is 5.48 Å². The number of rotatable bonds is 5. The summed E-state index contributed by atoms with van der Waals surface area (Å²) in [4.78, 5) is 4.89. The van der Waals surface area contributed by atoms with Crippen LogP contribution in [0.3, 0.4) is 0 Å². The van der Waals surface area contributed by atoms with Crippen molar-refractivity contribution in [3.05, 3.63) is 59.7 Å². The minimum absolute atomic E-state index is 0.416. The predicted octanol–water partition coefficient (Wildman–Crippen LogP) is 4.41. The van der Waals surface area contributed by atoms with E-state index < -0.39 is 17.8 Å². The quantitative estimate of drug-likeness (QED) is 0.482. The standard InChI is InChI=1S/C17H17F3N2O2/c1-11(21-23)16(22-24-2)14-5-3-12(4-6-14)13-7-9-15(10-8-13)17(18,19)20/h3-10,16,22-23H,1-2H3/b21-11+. The molecule has 0 spiro atoms. The van der Waals surface area contributed by atoms with Crippen molar-refractivity contribution < 1.29 is 23.2 Å². The van der Waals surface area contributed by atoms with Gasteiger partial charge in [0, 0.05) is 0 Å². The molecule has 2 aromatic carbocycles. The summed E-state index contributed by atoms with van der Waals surface area (Å²) in [5.74, 6) is 0. The fourth-order valence-electron chi connectivity index (χ4n) is 2.29. The molecular weight excluding hydrogens is 321 g/mol. The maximum absolute atomic E-state index is 12.6. The highest BCUT2D eigenvalue weighted by Gasteiger charge is 2.29. The lowest BCUT2D eigenvalue weighted by molar-refractivity contribution is -0.137. The predicted molar refractivity (Wildman–Crippen MR) is 84.7 cm³/mol. The monoisotopic (exact) mass is 338 g/mol. The number of alkyl halides is 3. The highest BCUT2D eigenvalue weighted by Crippen LogP contribution is 2.31. The Morgan fingerprint density at radius 2 is 1.54 bits per heavy atom. The molecule has 0 saturated carbocycles. The highest BCUT2D eigenvalue weighted by molar-refractivity contribution is 5.87. The number of halogens is 3. The summed E-state index contributed by atoms with van der Waals surface area (Å²) in [6.07, 6.45) is -4.34. The van der Waals surface area contributed by atoms with Gasteiger partial charge >= 0.3 is 6.18 Å². The van der Waals surface area contributed by atoms with Gasteiger partial charge in [0.1, 0.15) is 0 Å². The first-order valence-corrected chi connectivity index (χ1v) is 7.11. The zero-order valence-electron chi connectivity index (χ0n) is 13.1. The molecule has 2 rings (SSSR count). The van der Waals surface area contributed by atoms with Crippen LogP contribution in [0.2, 0.25) is 0 Å². The van der Waals surface area contributed by atoms with E-state index in [0.717, 1.165) is 23.3 Å². The summed E-state index contributed by atoms with van der Waals surface area (Å²) in [5, 5.41) is 12.1. The third-order valence-corrected chi connectivity index (χ3v) is 3.60. The molecule has 0 saturated heterocycles. The molecule has 2 N–H and O–H groups in total. The largest absolute Gasteiger partial charge is 0.416 e. The van der Waals surface area contributed by atoms with E-state index in [1.165, 1.54) is 19.2 Å². The maximum atomic E-state index is 12.6. The Labute approximate surface area is 137 Å². The van der Waals surface area contributed by atoms with Gasteiger partial charge < -0.3 is 10.0 Å². The van der Waals surface area contributed by atoms with Gasteiger partial charge in [-0.3, -0.25) is 0 Å². The number of oxime groups is 1. The molecular formula is C17H17F3N2O2. The van der Waals surface area contributed by atoms with Gasteiger partial charge in [-0.15, -0.1) is 0 Å². The number of hydroxylamine groups is 1. The fraction of sp³-hybridized carbons (Fsp3) is 0.235. The summed E-state index contributed by atoms with van der Waals surface area (Å²) in [6.45, 7) is 1.64. The molecule has 0 aliphatic heterocycles. The molecule has 0 radical (unpaired) electrons. The molecule has 7 heteroatoms. The minimum Gasteiger partial charge on any atom is -0.411 e. The van der Waals surface area contributed by atoms with Crippen LogP contribution in [0.4, 0.5) is 13.2 Å². The van der Waals surface area contributed by atoms with Gasteiger partial charge in [-0.25, -0.2) is 0 Å². The zero-order chi connectivity index (χ0) is 17.7. The molecule has 0 aromatic heterocycles. The number of hydrogen-bond donors (Lipinski definition) is 2. The van der Waals surface area contributed by atoms with Crippen LogP contribution in [0.5, 0.6) is 0 Å². The first kappa shape index (κ1) is 18.0. The SMILES string of the molecule is CONC(/C(C)=N/O)c1ccc(-c2ccc(C(F)(F)F)cc2)cc1. The van der Waals surface area contributed by atoms with E-state index in [0.29, 0.717) is 11.3 Å². The van der Waals surface area contributed by atoms with Gasteiger partial charge in [-0.05, 0) is 35.7 Å². The van der Waals surface area contributed by atoms with Gasteiger partial charge in [0.2, 0.25) is 0 Å². The van der Waals surface area contributed by atoms with Crippen LogP contribution in [0.1, 0.15) is 24.1 Å². The summed E-state index contributed by atoms with van der Waals surface area (Å²) in [5.41, 5.74) is 4.71. The first-order valence-electron chi connectivity index (χ1n) is 7.11. The molecule has 0 aliphatic carbocycles. The lowest BCUT2D eigenvalue weighted by Crippen LogP contribution is -2.26. The molecule has 128 valence electrons. The lowest BCUT2D eigenvalue weighted by atomic mass is 9.98. The third kappa shape index (κ3) is 4.12. The van der Waals surface area contributed by atoms with Crippen molar-refractivity contribution in [3.63, 3.8) is 0 Å². The van der Waals surface area contributed by atoms with Gasteiger partial charge in [0.15, 0.2) is 0 Å². The van der Waals surface area contributed by atoms with Crippen molar-refractivity contribution >= 4 is 5.71 Å². The van der Waals surface area contributed by atoms with E-state index in [4.69, 9.17) is 10.0 Å². The molecule has 4 nitrogen and oxygen atoms in total. The third-order valence-electron chi connectivity index (χ3n) is 3.60. The Morgan fingerprint density at radius 1 is 1.04 bits per heavy atom. The maximum Gasteiger partial charge on any atom is 0.416 e. The second-order valence-electron chi connectivity index (χ2n) is 5.19. The average Bonchev–Trinajstić information content (AvgIpc) is 2.58. The van der Waals surface area contributed by atoms with E-state index in [9.17, 15) is 13.2 Å². The van der Waals surface area contributed by atoms with Crippen LogP contribution in [0.25, 0.3) is 11.1 Å². The summed E-state index contributed by atoms with van der Waals surface area (Å²) < 4.78 is 37.8. The van der Waals surface area contributed by atoms with E-state index in [1.807, 2.05) is 0 Å². The van der Waals surface area contributed by atoms with E-state index in [-0.39, 0.29) is 0 Å². The minimum atomic E-state index is -4.34. The molecule has 0 bridgehead atoms. The second kappa shape index (κ2) is 7.46. The zero-order valence-corrected chi connectivity index (χ0v) is 13.1. The second-order valence-corrected chi connectivity index (χ2v) is 5.19. The Balaban J connectivity index is 2.25. The molecule has 0 aliphatic rings. The smallest absolute Gasteiger partial charge is 0.411 e. The van der Waals surface area contributed by atoms with Gasteiger partial charge in [-0.2, -0.15) is 18.7 Å². The van der Waals surface area contributed by atoms with Crippen LogP contribution >= 0.6 is 0 Å². The normalized spacial score (nSPS) is 13.8.